The predicted octanol–water partition coefficient (Wildman–Crippen LogP) is 4.60. The van der Waals surface area contributed by atoms with Crippen molar-refractivity contribution < 1.29 is 57.6 Å². The average molecular weight is 454 g/mol. The molecule has 1 aromatic rings. The zero-order chi connectivity index (χ0) is 22.2. The van der Waals surface area contributed by atoms with E-state index in [1.54, 1.807) is 0 Å². The number of aryl methyl sites for hydroxylation is 2. The van der Waals surface area contributed by atoms with Crippen LogP contribution in [0.15, 0.2) is 17.0 Å². The van der Waals surface area contributed by atoms with E-state index in [4.69, 9.17) is 4.55 Å². The zero-order valence-electron chi connectivity index (χ0n) is 13.1. The summed E-state index contributed by atoms with van der Waals surface area (Å²) in [5.74, 6) is -14.3. The Bertz CT molecular complexity index is 766. The van der Waals surface area contributed by atoms with Crippen LogP contribution < -0.4 is 0 Å². The van der Waals surface area contributed by atoms with Crippen LogP contribution in [0.1, 0.15) is 11.1 Å². The van der Waals surface area contributed by atoms with Crippen LogP contribution in [-0.4, -0.2) is 41.4 Å². The van der Waals surface area contributed by atoms with E-state index in [1.165, 1.54) is 0 Å². The van der Waals surface area contributed by atoms with Gasteiger partial charge in [0.15, 0.2) is 0 Å². The predicted molar refractivity (Wildman–Crippen MR) is 77.3 cm³/mol. The van der Waals surface area contributed by atoms with E-state index in [0.29, 0.717) is 5.75 Å². The van der Waals surface area contributed by atoms with Gasteiger partial charge in [-0.3, -0.25) is 4.55 Å². The second-order valence-corrected chi connectivity index (χ2v) is 7.05. The van der Waals surface area contributed by atoms with Crippen molar-refractivity contribution in [2.45, 2.75) is 42.0 Å². The number of hydrogen-bond acceptors (Lipinski definition) is 4. The summed E-state index contributed by atoms with van der Waals surface area (Å²) in [4.78, 5) is 0.896. The van der Waals surface area contributed by atoms with Gasteiger partial charge in [-0.1, -0.05) is 0 Å². The summed E-state index contributed by atoms with van der Waals surface area (Å²) in [5.41, 5.74) is 1.76. The maximum absolute atomic E-state index is 12.2. The van der Waals surface area contributed by atoms with Crippen molar-refractivity contribution in [2.24, 2.45) is 0 Å². The third-order valence-electron chi connectivity index (χ3n) is 2.92. The van der Waals surface area contributed by atoms with Gasteiger partial charge in [-0.25, -0.2) is 0 Å². The van der Waals surface area contributed by atoms with Crippen LogP contribution in [0.3, 0.4) is 0 Å². The monoisotopic (exact) mass is 454 g/mol. The van der Waals surface area contributed by atoms with E-state index >= 15 is 0 Å². The molecule has 0 spiro atoms. The molecule has 0 aliphatic carbocycles. The number of halogens is 9. The summed E-state index contributed by atoms with van der Waals surface area (Å²) in [6, 6.07) is 3.68. The lowest BCUT2D eigenvalue weighted by molar-refractivity contribution is -0.382. The summed E-state index contributed by atoms with van der Waals surface area (Å²) >= 11 is 4.16. The molecule has 0 amide bonds. The van der Waals surface area contributed by atoms with Gasteiger partial charge in [-0.05, 0) is 37.1 Å². The van der Waals surface area contributed by atoms with Gasteiger partial charge in [0.05, 0.1) is 0 Å². The van der Waals surface area contributed by atoms with Crippen molar-refractivity contribution in [3.63, 3.8) is 0 Å². The van der Waals surface area contributed by atoms with Gasteiger partial charge >= 0.3 is 33.4 Å². The molecule has 1 aromatic carbocycles. The fraction of sp³-hybridized carbons (Fsp3) is 0.500. The minimum atomic E-state index is -7.37. The highest BCUT2D eigenvalue weighted by atomic mass is 32.2. The number of phenolic OH excluding ortho intramolecular Hbond substituents is 1. The topological polar surface area (TPSA) is 74.6 Å². The Morgan fingerprint density at radius 3 is 1.44 bits per heavy atom. The van der Waals surface area contributed by atoms with Crippen LogP contribution in [0.5, 0.6) is 5.75 Å². The Hall–Kier alpha value is -1.35. The third-order valence-corrected chi connectivity index (χ3v) is 4.08. The summed E-state index contributed by atoms with van der Waals surface area (Å²) in [6.07, 6.45) is -7.13. The quantitative estimate of drug-likeness (QED) is 0.355. The van der Waals surface area contributed by atoms with Crippen LogP contribution in [0.4, 0.5) is 39.5 Å². The molecule has 15 heteroatoms. The molecule has 0 heterocycles. The highest BCUT2D eigenvalue weighted by Crippen LogP contribution is 2.54. The molecule has 0 saturated carbocycles. The van der Waals surface area contributed by atoms with Crippen molar-refractivity contribution in [3.05, 3.63) is 23.3 Å². The molecular weight excluding hydrogens is 443 g/mol. The van der Waals surface area contributed by atoms with Crippen LogP contribution in [-0.2, 0) is 10.1 Å². The first-order valence-electron chi connectivity index (χ1n) is 6.27. The van der Waals surface area contributed by atoms with Crippen LogP contribution in [0.25, 0.3) is 0 Å². The normalized spacial score (nSPS) is 13.8. The molecule has 0 bridgehead atoms. The van der Waals surface area contributed by atoms with Gasteiger partial charge in [-0.15, -0.1) is 12.6 Å². The molecular formula is C12H11F9O4S2. The number of thiol groups is 1. The van der Waals surface area contributed by atoms with Gasteiger partial charge in [0.1, 0.15) is 5.75 Å². The summed E-state index contributed by atoms with van der Waals surface area (Å²) in [6.45, 7) is 3.73. The second kappa shape index (κ2) is 7.58. The fourth-order valence-corrected chi connectivity index (χ4v) is 2.30. The van der Waals surface area contributed by atoms with E-state index < -0.39 is 33.4 Å². The number of aromatic hydroxyl groups is 1. The molecule has 0 fully saturated rings. The molecule has 0 aliphatic rings. The summed E-state index contributed by atoms with van der Waals surface area (Å²) in [5, 5.41) is 2.30. The number of hydrogen-bond donors (Lipinski definition) is 3. The highest BCUT2D eigenvalue weighted by molar-refractivity contribution is 7.87. The lowest BCUT2D eigenvalue weighted by Crippen LogP contribution is -2.63. The Morgan fingerprint density at radius 2 is 1.19 bits per heavy atom. The largest absolute Gasteiger partial charge is 0.507 e. The standard InChI is InChI=1S/C8H10OS.C4HF9O3S/c1-5-3-7(10)4-6(2)8(5)9;5-1(6,3(9,10)11)2(7,8)4(12,13)17(14,15)16/h3-4,9-10H,1-2H3;(H,14,15,16). The lowest BCUT2D eigenvalue weighted by atomic mass is 10.1. The Kier molecular flexibility index (Phi) is 7.20. The first kappa shape index (κ1) is 25.6. The first-order valence-corrected chi connectivity index (χ1v) is 8.16. The molecule has 158 valence electrons. The van der Waals surface area contributed by atoms with E-state index in [9.17, 15) is 53.0 Å². The Balaban J connectivity index is 0.000000569. The van der Waals surface area contributed by atoms with Crippen molar-refractivity contribution in [1.82, 2.24) is 0 Å². The minimum absolute atomic E-state index is 0.373. The van der Waals surface area contributed by atoms with Crippen molar-refractivity contribution in [2.75, 3.05) is 0 Å². The highest BCUT2D eigenvalue weighted by Gasteiger charge is 2.85. The van der Waals surface area contributed by atoms with E-state index in [-0.39, 0.29) is 0 Å². The Labute approximate surface area is 152 Å². The maximum Gasteiger partial charge on any atom is 0.460 e. The smallest absolute Gasteiger partial charge is 0.460 e. The molecule has 0 aliphatic heterocycles. The number of benzene rings is 1. The fourth-order valence-electron chi connectivity index (χ4n) is 1.46. The van der Waals surface area contributed by atoms with Crippen molar-refractivity contribution in [1.29, 1.82) is 0 Å². The maximum atomic E-state index is 12.2. The molecule has 0 unspecified atom stereocenters. The molecule has 2 N–H and O–H groups in total. The SMILES string of the molecule is Cc1cc(S)cc(C)c1O.O=S(=O)(O)C(F)(F)C(F)(F)C(F)(F)C(F)(F)F. The minimum Gasteiger partial charge on any atom is -0.507 e. The first-order chi connectivity index (χ1) is 11.6. The number of rotatable bonds is 3. The number of phenols is 1. The van der Waals surface area contributed by atoms with Crippen molar-refractivity contribution in [3.8, 4) is 5.75 Å². The third kappa shape index (κ3) is 4.93. The average Bonchev–Trinajstić information content (AvgIpc) is 2.42. The summed E-state index contributed by atoms with van der Waals surface area (Å²) < 4.78 is 134. The zero-order valence-corrected chi connectivity index (χ0v) is 14.8. The molecule has 4 nitrogen and oxygen atoms in total. The van der Waals surface area contributed by atoms with Gasteiger partial charge in [0.2, 0.25) is 0 Å². The second-order valence-electron chi connectivity index (χ2n) is 5.07. The van der Waals surface area contributed by atoms with Gasteiger partial charge < -0.3 is 5.11 Å². The molecule has 1 rings (SSSR count). The van der Waals surface area contributed by atoms with Gasteiger partial charge in [0, 0.05) is 4.90 Å². The van der Waals surface area contributed by atoms with Crippen molar-refractivity contribution >= 4 is 22.7 Å². The number of alkyl halides is 9. The van der Waals surface area contributed by atoms with E-state index in [2.05, 4.69) is 12.6 Å². The van der Waals surface area contributed by atoms with Crippen LogP contribution in [0, 0.1) is 13.8 Å². The molecule has 0 aromatic heterocycles. The molecule has 0 radical (unpaired) electrons. The van der Waals surface area contributed by atoms with E-state index in [1.807, 2.05) is 26.0 Å². The summed E-state index contributed by atoms with van der Waals surface area (Å²) in [7, 11) is -7.17. The molecule has 27 heavy (non-hydrogen) atoms. The van der Waals surface area contributed by atoms with Gasteiger partial charge in [-0.2, -0.15) is 47.9 Å². The van der Waals surface area contributed by atoms with Crippen LogP contribution >= 0.6 is 12.6 Å². The molecule has 0 saturated heterocycles. The van der Waals surface area contributed by atoms with Crippen LogP contribution in [0.2, 0.25) is 0 Å². The van der Waals surface area contributed by atoms with E-state index in [0.717, 1.165) is 16.0 Å². The molecule has 0 atom stereocenters. The van der Waals surface area contributed by atoms with Gasteiger partial charge in [0.25, 0.3) is 0 Å². The lowest BCUT2D eigenvalue weighted by Gasteiger charge is -2.31. The Morgan fingerprint density at radius 1 is 0.852 bits per heavy atom.